The lowest BCUT2D eigenvalue weighted by Crippen LogP contribution is -1.98. The Morgan fingerprint density at radius 1 is 1.29 bits per heavy atom. The molecule has 0 aliphatic rings. The lowest BCUT2D eigenvalue weighted by Gasteiger charge is -2.08. The number of nitrogens with zero attached hydrogens (tertiary/aromatic N) is 1. The van der Waals surface area contributed by atoms with E-state index in [1.54, 1.807) is 6.26 Å². The van der Waals surface area contributed by atoms with Gasteiger partial charge in [-0.15, -0.1) is 0 Å². The fourth-order valence-corrected chi connectivity index (χ4v) is 1.62. The van der Waals surface area contributed by atoms with E-state index in [0.717, 1.165) is 36.5 Å². The second-order valence-electron chi connectivity index (χ2n) is 3.95. The largest absolute Gasteiger partial charge is 0.493 e. The Bertz CT molecular complexity index is 477. The van der Waals surface area contributed by atoms with Crippen molar-refractivity contribution in [2.24, 2.45) is 0 Å². The summed E-state index contributed by atoms with van der Waals surface area (Å²) in [4.78, 5) is 4.32. The first-order valence-corrected chi connectivity index (χ1v) is 5.95. The summed E-state index contributed by atoms with van der Waals surface area (Å²) in [6.07, 6.45) is 3.86. The van der Waals surface area contributed by atoms with Crippen molar-refractivity contribution in [1.29, 1.82) is 0 Å². The number of hydrogen-bond donors (Lipinski definition) is 0. The minimum Gasteiger partial charge on any atom is -0.493 e. The fourth-order valence-electron chi connectivity index (χ4n) is 1.62. The molecule has 1 aromatic carbocycles. The predicted octanol–water partition coefficient (Wildman–Crippen LogP) is 3.83. The van der Waals surface area contributed by atoms with Gasteiger partial charge in [0.25, 0.3) is 0 Å². The molecule has 0 bridgehead atoms. The predicted molar refractivity (Wildman–Crippen MR) is 67.1 cm³/mol. The standard InChI is InChI=1S/C14H17NO2/c1-3-4-9-16-14-8-6-5-7-12(14)13-10-17-11(2)15-13/h5-8,10H,3-4,9H2,1-2H3. The van der Waals surface area contributed by atoms with Crippen LogP contribution in [0, 0.1) is 6.92 Å². The first kappa shape index (κ1) is 11.7. The van der Waals surface area contributed by atoms with Crippen molar-refractivity contribution in [2.45, 2.75) is 26.7 Å². The third-order valence-corrected chi connectivity index (χ3v) is 2.54. The zero-order valence-corrected chi connectivity index (χ0v) is 10.3. The summed E-state index contributed by atoms with van der Waals surface area (Å²) in [5.74, 6) is 1.54. The molecule has 3 heteroatoms. The number of benzene rings is 1. The van der Waals surface area contributed by atoms with E-state index in [1.807, 2.05) is 31.2 Å². The Hall–Kier alpha value is -1.77. The molecule has 0 N–H and O–H groups in total. The Morgan fingerprint density at radius 3 is 2.82 bits per heavy atom. The van der Waals surface area contributed by atoms with E-state index in [4.69, 9.17) is 9.15 Å². The third-order valence-electron chi connectivity index (χ3n) is 2.54. The lowest BCUT2D eigenvalue weighted by atomic mass is 10.1. The smallest absolute Gasteiger partial charge is 0.191 e. The average molecular weight is 231 g/mol. The van der Waals surface area contributed by atoms with E-state index in [0.29, 0.717) is 5.89 Å². The van der Waals surface area contributed by atoms with Crippen LogP contribution in [0.5, 0.6) is 5.75 Å². The van der Waals surface area contributed by atoms with Gasteiger partial charge in [-0.1, -0.05) is 25.5 Å². The number of para-hydroxylation sites is 1. The van der Waals surface area contributed by atoms with Gasteiger partial charge in [0.15, 0.2) is 5.89 Å². The molecule has 0 aliphatic heterocycles. The molecule has 0 aliphatic carbocycles. The van der Waals surface area contributed by atoms with Crippen LogP contribution in [0.1, 0.15) is 25.7 Å². The van der Waals surface area contributed by atoms with Crippen molar-refractivity contribution >= 4 is 0 Å². The second-order valence-corrected chi connectivity index (χ2v) is 3.95. The van der Waals surface area contributed by atoms with Crippen LogP contribution >= 0.6 is 0 Å². The quantitative estimate of drug-likeness (QED) is 0.733. The molecule has 0 spiro atoms. The molecule has 0 saturated carbocycles. The maximum Gasteiger partial charge on any atom is 0.191 e. The molecule has 1 aromatic heterocycles. The van der Waals surface area contributed by atoms with Gasteiger partial charge in [-0.3, -0.25) is 0 Å². The topological polar surface area (TPSA) is 35.3 Å². The number of ether oxygens (including phenoxy) is 1. The average Bonchev–Trinajstić information content (AvgIpc) is 2.77. The van der Waals surface area contributed by atoms with Crippen LogP contribution in [0.4, 0.5) is 0 Å². The molecule has 0 saturated heterocycles. The summed E-state index contributed by atoms with van der Waals surface area (Å²) in [7, 11) is 0. The van der Waals surface area contributed by atoms with Crippen molar-refractivity contribution in [3.63, 3.8) is 0 Å². The highest BCUT2D eigenvalue weighted by atomic mass is 16.5. The van der Waals surface area contributed by atoms with E-state index in [2.05, 4.69) is 11.9 Å². The molecule has 3 nitrogen and oxygen atoms in total. The number of rotatable bonds is 5. The SMILES string of the molecule is CCCCOc1ccccc1-c1coc(C)n1. The van der Waals surface area contributed by atoms with Gasteiger partial charge in [-0.05, 0) is 18.6 Å². The minimum absolute atomic E-state index is 0.670. The molecule has 2 rings (SSSR count). The molecule has 0 amide bonds. The molecule has 90 valence electrons. The number of aryl methyl sites for hydroxylation is 1. The molecule has 1 heterocycles. The van der Waals surface area contributed by atoms with Gasteiger partial charge in [0, 0.05) is 12.5 Å². The van der Waals surface area contributed by atoms with Crippen molar-refractivity contribution in [1.82, 2.24) is 4.98 Å². The number of aromatic nitrogens is 1. The zero-order chi connectivity index (χ0) is 12.1. The van der Waals surface area contributed by atoms with E-state index < -0.39 is 0 Å². The second kappa shape index (κ2) is 5.53. The summed E-state index contributed by atoms with van der Waals surface area (Å²) in [6.45, 7) is 4.73. The molecule has 0 atom stereocenters. The number of oxazole rings is 1. The minimum atomic E-state index is 0.670. The van der Waals surface area contributed by atoms with Crippen LogP contribution in [0.2, 0.25) is 0 Å². The fraction of sp³-hybridized carbons (Fsp3) is 0.357. The van der Waals surface area contributed by atoms with E-state index in [9.17, 15) is 0 Å². The van der Waals surface area contributed by atoms with Gasteiger partial charge in [0.05, 0.1) is 6.61 Å². The van der Waals surface area contributed by atoms with Crippen molar-refractivity contribution < 1.29 is 9.15 Å². The van der Waals surface area contributed by atoms with Crippen LogP contribution in [0.3, 0.4) is 0 Å². The van der Waals surface area contributed by atoms with Crippen LogP contribution in [-0.4, -0.2) is 11.6 Å². The van der Waals surface area contributed by atoms with Gasteiger partial charge in [0.2, 0.25) is 0 Å². The van der Waals surface area contributed by atoms with E-state index in [-0.39, 0.29) is 0 Å². The Balaban J connectivity index is 2.21. The zero-order valence-electron chi connectivity index (χ0n) is 10.3. The maximum atomic E-state index is 5.76. The highest BCUT2D eigenvalue weighted by Crippen LogP contribution is 2.29. The molecular weight excluding hydrogens is 214 g/mol. The first-order chi connectivity index (χ1) is 8.31. The first-order valence-electron chi connectivity index (χ1n) is 5.95. The van der Waals surface area contributed by atoms with Gasteiger partial charge in [0.1, 0.15) is 17.7 Å². The normalized spacial score (nSPS) is 10.5. The van der Waals surface area contributed by atoms with Crippen molar-refractivity contribution in [3.8, 4) is 17.0 Å². The monoisotopic (exact) mass is 231 g/mol. The van der Waals surface area contributed by atoms with Gasteiger partial charge >= 0.3 is 0 Å². The van der Waals surface area contributed by atoms with E-state index in [1.165, 1.54) is 0 Å². The summed E-state index contributed by atoms with van der Waals surface area (Å²) in [5.41, 5.74) is 1.81. The molecule has 0 radical (unpaired) electrons. The van der Waals surface area contributed by atoms with Crippen molar-refractivity contribution in [2.75, 3.05) is 6.61 Å². The summed E-state index contributed by atoms with van der Waals surface area (Å²) in [6, 6.07) is 7.91. The number of unbranched alkanes of at least 4 members (excludes halogenated alkanes) is 1. The van der Waals surface area contributed by atoms with Gasteiger partial charge in [-0.2, -0.15) is 0 Å². The lowest BCUT2D eigenvalue weighted by molar-refractivity contribution is 0.310. The highest BCUT2D eigenvalue weighted by Gasteiger charge is 2.09. The Labute approximate surface area is 101 Å². The Kier molecular flexibility index (Phi) is 3.81. The molecule has 0 unspecified atom stereocenters. The molecular formula is C14H17NO2. The third kappa shape index (κ3) is 2.87. The van der Waals surface area contributed by atoms with Crippen LogP contribution in [-0.2, 0) is 0 Å². The molecule has 2 aromatic rings. The summed E-state index contributed by atoms with van der Waals surface area (Å²) >= 11 is 0. The Morgan fingerprint density at radius 2 is 2.12 bits per heavy atom. The van der Waals surface area contributed by atoms with Crippen LogP contribution in [0.15, 0.2) is 34.9 Å². The summed E-state index contributed by atoms with van der Waals surface area (Å²) in [5, 5.41) is 0. The van der Waals surface area contributed by atoms with Crippen LogP contribution in [0.25, 0.3) is 11.3 Å². The highest BCUT2D eigenvalue weighted by molar-refractivity contribution is 5.66. The molecule has 17 heavy (non-hydrogen) atoms. The van der Waals surface area contributed by atoms with Gasteiger partial charge < -0.3 is 9.15 Å². The van der Waals surface area contributed by atoms with E-state index >= 15 is 0 Å². The maximum absolute atomic E-state index is 5.76. The van der Waals surface area contributed by atoms with Gasteiger partial charge in [-0.25, -0.2) is 4.98 Å². The van der Waals surface area contributed by atoms with Crippen molar-refractivity contribution in [3.05, 3.63) is 36.4 Å². The summed E-state index contributed by atoms with van der Waals surface area (Å²) < 4.78 is 11.0. The number of hydrogen-bond acceptors (Lipinski definition) is 3. The molecule has 0 fully saturated rings. The van der Waals surface area contributed by atoms with Crippen LogP contribution < -0.4 is 4.74 Å².